The fourth-order valence-electron chi connectivity index (χ4n) is 2.96. The normalized spacial score (nSPS) is 17.8. The van der Waals surface area contributed by atoms with E-state index in [4.69, 9.17) is 14.2 Å². The molecule has 0 amide bonds. The van der Waals surface area contributed by atoms with Crippen molar-refractivity contribution in [3.63, 3.8) is 0 Å². The summed E-state index contributed by atoms with van der Waals surface area (Å²) in [5, 5.41) is 0. The third-order valence-corrected chi connectivity index (χ3v) is 4.27. The molecule has 0 aliphatic carbocycles. The lowest BCUT2D eigenvalue weighted by Crippen LogP contribution is -2.30. The maximum absolute atomic E-state index is 5.76. The van der Waals surface area contributed by atoms with Crippen molar-refractivity contribution in [2.75, 3.05) is 33.0 Å². The van der Waals surface area contributed by atoms with E-state index in [9.17, 15) is 0 Å². The zero-order valence-electron chi connectivity index (χ0n) is 13.3. The quantitative estimate of drug-likeness (QED) is 0.689. The molecule has 2 aliphatic rings. The van der Waals surface area contributed by atoms with Gasteiger partial charge in [0.25, 0.3) is 0 Å². The fourth-order valence-corrected chi connectivity index (χ4v) is 2.96. The monoisotopic (exact) mass is 304 g/mol. The summed E-state index contributed by atoms with van der Waals surface area (Å²) in [7, 11) is 0. The molecule has 1 fully saturated rings. The van der Waals surface area contributed by atoms with Crippen LogP contribution in [-0.2, 0) is 11.3 Å². The molecule has 0 N–H and O–H groups in total. The molecule has 0 spiro atoms. The zero-order valence-corrected chi connectivity index (χ0v) is 13.3. The van der Waals surface area contributed by atoms with Crippen molar-refractivity contribution in [2.45, 2.75) is 38.7 Å². The maximum atomic E-state index is 5.76. The highest BCUT2D eigenvalue weighted by atomic mass is 16.7. The first-order valence-corrected chi connectivity index (χ1v) is 8.42. The minimum Gasteiger partial charge on any atom is -0.454 e. The molecular weight excluding hydrogens is 278 g/mol. The second kappa shape index (κ2) is 8.39. The van der Waals surface area contributed by atoms with E-state index in [-0.39, 0.29) is 0 Å². The Hall–Kier alpha value is -1.26. The zero-order chi connectivity index (χ0) is 15.0. The number of fused-ring (bicyclic) bond motifs is 1. The van der Waals surface area contributed by atoms with Crippen molar-refractivity contribution in [2.24, 2.45) is 0 Å². The summed E-state index contributed by atoms with van der Waals surface area (Å²) < 4.78 is 16.4. The molecule has 1 aromatic carbocycles. The SMILES string of the molecule is [CH]1CCN(CCCCCOCc2ccc3c(c2)OCO3)CC1. The summed E-state index contributed by atoms with van der Waals surface area (Å²) in [6, 6.07) is 6.01. The molecule has 0 bridgehead atoms. The Bertz CT molecular complexity index is 458. The summed E-state index contributed by atoms with van der Waals surface area (Å²) in [6.45, 7) is 5.56. The number of likely N-dealkylation sites (tertiary alicyclic amines) is 1. The Morgan fingerprint density at radius 1 is 1.00 bits per heavy atom. The highest BCUT2D eigenvalue weighted by Gasteiger charge is 2.13. The minimum atomic E-state index is 0.328. The molecule has 0 saturated carbocycles. The van der Waals surface area contributed by atoms with E-state index in [1.165, 1.54) is 45.3 Å². The van der Waals surface area contributed by atoms with Crippen LogP contribution >= 0.6 is 0 Å². The molecule has 4 nitrogen and oxygen atoms in total. The van der Waals surface area contributed by atoms with Gasteiger partial charge in [-0.05, 0) is 75.9 Å². The number of benzene rings is 1. The van der Waals surface area contributed by atoms with Crippen LogP contribution in [0.5, 0.6) is 11.5 Å². The highest BCUT2D eigenvalue weighted by molar-refractivity contribution is 5.44. The van der Waals surface area contributed by atoms with Gasteiger partial charge in [0.15, 0.2) is 11.5 Å². The highest BCUT2D eigenvalue weighted by Crippen LogP contribution is 2.32. The predicted octanol–water partition coefficient (Wildman–Crippen LogP) is 3.40. The number of unbranched alkanes of at least 4 members (excludes halogenated alkanes) is 2. The second-order valence-electron chi connectivity index (χ2n) is 6.01. The average Bonchev–Trinajstić information content (AvgIpc) is 3.02. The van der Waals surface area contributed by atoms with Gasteiger partial charge in [-0.3, -0.25) is 0 Å². The van der Waals surface area contributed by atoms with Crippen LogP contribution < -0.4 is 9.47 Å². The van der Waals surface area contributed by atoms with E-state index in [0.29, 0.717) is 13.4 Å². The Labute approximate surface area is 133 Å². The van der Waals surface area contributed by atoms with Gasteiger partial charge in [0.1, 0.15) is 0 Å². The van der Waals surface area contributed by atoms with Gasteiger partial charge in [-0.1, -0.05) is 6.07 Å². The first kappa shape index (κ1) is 15.6. The van der Waals surface area contributed by atoms with Crippen LogP contribution in [0, 0.1) is 6.42 Å². The van der Waals surface area contributed by atoms with Gasteiger partial charge in [0.2, 0.25) is 6.79 Å². The van der Waals surface area contributed by atoms with Gasteiger partial charge >= 0.3 is 0 Å². The molecule has 4 heteroatoms. The first-order chi connectivity index (χ1) is 10.9. The Morgan fingerprint density at radius 2 is 1.86 bits per heavy atom. The molecule has 1 saturated heterocycles. The van der Waals surface area contributed by atoms with Crippen LogP contribution in [0.4, 0.5) is 0 Å². The molecule has 2 aliphatic heterocycles. The van der Waals surface area contributed by atoms with Crippen molar-refractivity contribution in [3.8, 4) is 11.5 Å². The largest absolute Gasteiger partial charge is 0.454 e. The molecule has 2 heterocycles. The maximum Gasteiger partial charge on any atom is 0.231 e. The van der Waals surface area contributed by atoms with Gasteiger partial charge in [0, 0.05) is 6.61 Å². The van der Waals surface area contributed by atoms with Crippen molar-refractivity contribution >= 4 is 0 Å². The van der Waals surface area contributed by atoms with Crippen molar-refractivity contribution in [3.05, 3.63) is 30.2 Å². The van der Waals surface area contributed by atoms with Crippen LogP contribution in [0.2, 0.25) is 0 Å². The Morgan fingerprint density at radius 3 is 2.77 bits per heavy atom. The predicted molar refractivity (Wildman–Crippen MR) is 86.0 cm³/mol. The molecule has 1 radical (unpaired) electrons. The smallest absolute Gasteiger partial charge is 0.231 e. The third kappa shape index (κ3) is 4.62. The van der Waals surface area contributed by atoms with Gasteiger partial charge in [-0.2, -0.15) is 0 Å². The summed E-state index contributed by atoms with van der Waals surface area (Å²) in [6.07, 6.45) is 8.61. The van der Waals surface area contributed by atoms with Crippen LogP contribution in [0.15, 0.2) is 18.2 Å². The van der Waals surface area contributed by atoms with E-state index < -0.39 is 0 Å². The molecule has 0 unspecified atom stereocenters. The minimum absolute atomic E-state index is 0.328. The lowest BCUT2D eigenvalue weighted by Gasteiger charge is -2.26. The molecule has 0 atom stereocenters. The number of rotatable bonds is 8. The van der Waals surface area contributed by atoms with Crippen molar-refractivity contribution in [1.29, 1.82) is 0 Å². The molecule has 121 valence electrons. The Balaban J connectivity index is 1.23. The molecule has 1 aromatic rings. The van der Waals surface area contributed by atoms with Crippen LogP contribution in [0.3, 0.4) is 0 Å². The first-order valence-electron chi connectivity index (χ1n) is 8.42. The van der Waals surface area contributed by atoms with Crippen LogP contribution in [-0.4, -0.2) is 37.9 Å². The summed E-state index contributed by atoms with van der Waals surface area (Å²) in [5.74, 6) is 1.67. The van der Waals surface area contributed by atoms with Gasteiger partial charge in [-0.15, -0.1) is 0 Å². The third-order valence-electron chi connectivity index (χ3n) is 4.27. The van der Waals surface area contributed by atoms with Crippen molar-refractivity contribution < 1.29 is 14.2 Å². The van der Waals surface area contributed by atoms with E-state index in [2.05, 4.69) is 11.3 Å². The molecule has 0 aromatic heterocycles. The number of ether oxygens (including phenoxy) is 3. The van der Waals surface area contributed by atoms with Crippen molar-refractivity contribution in [1.82, 2.24) is 4.90 Å². The van der Waals surface area contributed by atoms with E-state index in [1.807, 2.05) is 18.2 Å². The Kier molecular flexibility index (Phi) is 5.96. The molecule has 22 heavy (non-hydrogen) atoms. The topological polar surface area (TPSA) is 30.9 Å². The van der Waals surface area contributed by atoms with Gasteiger partial charge < -0.3 is 19.1 Å². The van der Waals surface area contributed by atoms with Crippen LogP contribution in [0.1, 0.15) is 37.7 Å². The summed E-state index contributed by atoms with van der Waals surface area (Å²) in [5.41, 5.74) is 1.15. The second-order valence-corrected chi connectivity index (χ2v) is 6.01. The number of hydrogen-bond donors (Lipinski definition) is 0. The van der Waals surface area contributed by atoms with E-state index >= 15 is 0 Å². The molecule has 3 rings (SSSR count). The van der Waals surface area contributed by atoms with E-state index in [1.54, 1.807) is 0 Å². The van der Waals surface area contributed by atoms with E-state index in [0.717, 1.165) is 30.1 Å². The standard InChI is InChI=1S/C18H26NO3/c1-3-9-19(10-4-1)11-5-2-6-12-20-14-16-7-8-17-18(13-16)22-15-21-17/h1,7-8,13H,2-6,9-12,14-15H2. The average molecular weight is 304 g/mol. The number of piperidine rings is 1. The number of nitrogens with zero attached hydrogens (tertiary/aromatic N) is 1. The molecular formula is C18H26NO3. The van der Waals surface area contributed by atoms with Gasteiger partial charge in [0.05, 0.1) is 6.61 Å². The van der Waals surface area contributed by atoms with Crippen LogP contribution in [0.25, 0.3) is 0 Å². The lowest BCUT2D eigenvalue weighted by atomic mass is 10.1. The summed E-state index contributed by atoms with van der Waals surface area (Å²) >= 11 is 0. The lowest BCUT2D eigenvalue weighted by molar-refractivity contribution is 0.115. The van der Waals surface area contributed by atoms with Gasteiger partial charge in [-0.25, -0.2) is 0 Å². The number of hydrogen-bond acceptors (Lipinski definition) is 4. The fraction of sp³-hybridized carbons (Fsp3) is 0.611. The summed E-state index contributed by atoms with van der Waals surface area (Å²) in [4.78, 5) is 2.58.